The number of rotatable bonds is 8. The van der Waals surface area contributed by atoms with Crippen molar-refractivity contribution >= 4 is 56.6 Å². The summed E-state index contributed by atoms with van der Waals surface area (Å²) in [5.74, 6) is 0.750. The maximum absolute atomic E-state index is 12.6. The normalized spacial score (nSPS) is 11.3. The largest absolute Gasteiger partial charge is 0.493 e. The van der Waals surface area contributed by atoms with Crippen LogP contribution in [0.4, 0.5) is 11.4 Å². The molecule has 3 rings (SSSR count). The Balaban J connectivity index is 1.66. The van der Waals surface area contributed by atoms with Crippen LogP contribution in [0.25, 0.3) is 6.08 Å². The predicted molar refractivity (Wildman–Crippen MR) is 131 cm³/mol. The van der Waals surface area contributed by atoms with Crippen LogP contribution in [0.3, 0.4) is 0 Å². The minimum absolute atomic E-state index is 0.0115. The molecule has 0 atom stereocenters. The Labute approximate surface area is 202 Å². The summed E-state index contributed by atoms with van der Waals surface area (Å²) in [4.78, 5) is 12.3. The lowest BCUT2D eigenvalue weighted by atomic mass is 10.2. The van der Waals surface area contributed by atoms with Crippen molar-refractivity contribution in [3.8, 4) is 11.5 Å². The number of halogens is 2. The number of anilines is 2. The third-order valence-electron chi connectivity index (χ3n) is 4.38. The lowest BCUT2D eigenvalue weighted by molar-refractivity contribution is -0.111. The van der Waals surface area contributed by atoms with Gasteiger partial charge in [-0.3, -0.25) is 9.52 Å². The van der Waals surface area contributed by atoms with Crippen LogP contribution in [-0.2, 0) is 14.8 Å². The average Bonchev–Trinajstić information content (AvgIpc) is 2.76. The molecule has 0 saturated carbocycles. The molecule has 7 nitrogen and oxygen atoms in total. The summed E-state index contributed by atoms with van der Waals surface area (Å²) in [5.41, 5.74) is 1.42. The van der Waals surface area contributed by atoms with Gasteiger partial charge in [-0.1, -0.05) is 29.3 Å². The first kappa shape index (κ1) is 24.4. The van der Waals surface area contributed by atoms with Gasteiger partial charge in [0.1, 0.15) is 0 Å². The number of hydrogen-bond donors (Lipinski definition) is 2. The number of amides is 1. The van der Waals surface area contributed by atoms with Gasteiger partial charge in [0, 0.05) is 21.8 Å². The second kappa shape index (κ2) is 10.6. The van der Waals surface area contributed by atoms with Crippen molar-refractivity contribution in [2.75, 3.05) is 24.3 Å². The highest BCUT2D eigenvalue weighted by molar-refractivity contribution is 7.92. The number of methoxy groups -OCH3 is 2. The van der Waals surface area contributed by atoms with Gasteiger partial charge in [0.05, 0.1) is 24.8 Å². The zero-order valence-corrected chi connectivity index (χ0v) is 20.0. The Kier molecular flexibility index (Phi) is 7.86. The van der Waals surface area contributed by atoms with Gasteiger partial charge in [0.15, 0.2) is 11.5 Å². The van der Waals surface area contributed by atoms with Gasteiger partial charge in [-0.2, -0.15) is 0 Å². The molecule has 0 spiro atoms. The van der Waals surface area contributed by atoms with E-state index in [-0.39, 0.29) is 16.5 Å². The number of carbonyl (C=O) groups excluding carboxylic acids is 1. The van der Waals surface area contributed by atoms with Crippen molar-refractivity contribution < 1.29 is 22.7 Å². The van der Waals surface area contributed by atoms with Crippen LogP contribution >= 0.6 is 23.2 Å². The molecule has 0 aliphatic carbocycles. The molecule has 0 radical (unpaired) electrons. The van der Waals surface area contributed by atoms with Gasteiger partial charge in [-0.25, -0.2) is 8.42 Å². The standard InChI is InChI=1S/C23H20Cl2N2O5S/c1-31-21-9-3-15(11-22(21)32-2)4-10-23(28)26-18-5-7-20(8-6-18)33(29,30)27-19-13-16(24)12-17(25)14-19/h3-14,27H,1-2H3,(H,26,28). The van der Waals surface area contributed by atoms with E-state index in [1.807, 2.05) is 0 Å². The summed E-state index contributed by atoms with van der Waals surface area (Å²) >= 11 is 11.8. The molecule has 0 fully saturated rings. The van der Waals surface area contributed by atoms with Gasteiger partial charge in [0.2, 0.25) is 5.91 Å². The van der Waals surface area contributed by atoms with Crippen molar-refractivity contribution in [3.63, 3.8) is 0 Å². The van der Waals surface area contributed by atoms with Crippen molar-refractivity contribution in [3.05, 3.63) is 82.3 Å². The molecule has 1 amide bonds. The fourth-order valence-electron chi connectivity index (χ4n) is 2.86. The van der Waals surface area contributed by atoms with Gasteiger partial charge >= 0.3 is 0 Å². The summed E-state index contributed by atoms with van der Waals surface area (Å²) in [7, 11) is -0.796. The summed E-state index contributed by atoms with van der Waals surface area (Å²) in [5, 5.41) is 3.28. The van der Waals surface area contributed by atoms with E-state index in [2.05, 4.69) is 10.0 Å². The highest BCUT2D eigenvalue weighted by Crippen LogP contribution is 2.28. The van der Waals surface area contributed by atoms with Crippen molar-refractivity contribution in [2.24, 2.45) is 0 Å². The van der Waals surface area contributed by atoms with Crippen LogP contribution in [0.1, 0.15) is 5.56 Å². The van der Waals surface area contributed by atoms with Crippen LogP contribution < -0.4 is 19.5 Å². The number of ether oxygens (including phenoxy) is 2. The molecule has 10 heteroatoms. The van der Waals surface area contributed by atoms with Crippen LogP contribution in [0, 0.1) is 0 Å². The second-order valence-corrected chi connectivity index (χ2v) is 9.28. The molecule has 0 aromatic heterocycles. The van der Waals surface area contributed by atoms with Crippen molar-refractivity contribution in [1.82, 2.24) is 0 Å². The number of carbonyl (C=O) groups is 1. The number of nitrogens with one attached hydrogen (secondary N) is 2. The Bertz CT molecular complexity index is 1270. The SMILES string of the molecule is COc1ccc(C=CC(=O)Nc2ccc(S(=O)(=O)Nc3cc(Cl)cc(Cl)c3)cc2)cc1OC. The Morgan fingerprint density at radius 2 is 1.48 bits per heavy atom. The summed E-state index contributed by atoms with van der Waals surface area (Å²) < 4.78 is 38.0. The number of sulfonamides is 1. The minimum atomic E-state index is -3.87. The fraction of sp³-hybridized carbons (Fsp3) is 0.0870. The molecule has 0 aliphatic heterocycles. The molecular weight excluding hydrogens is 487 g/mol. The van der Waals surface area contributed by atoms with E-state index in [4.69, 9.17) is 32.7 Å². The predicted octanol–water partition coefficient (Wildman–Crippen LogP) is 5.46. The Morgan fingerprint density at radius 1 is 0.848 bits per heavy atom. The van der Waals surface area contributed by atoms with E-state index in [1.54, 1.807) is 31.4 Å². The number of hydrogen-bond acceptors (Lipinski definition) is 5. The monoisotopic (exact) mass is 506 g/mol. The fourth-order valence-corrected chi connectivity index (χ4v) is 4.42. The molecule has 172 valence electrons. The maximum Gasteiger partial charge on any atom is 0.261 e. The Morgan fingerprint density at radius 3 is 2.09 bits per heavy atom. The second-order valence-electron chi connectivity index (χ2n) is 6.73. The van der Waals surface area contributed by atoms with Gasteiger partial charge in [-0.15, -0.1) is 0 Å². The lowest BCUT2D eigenvalue weighted by Crippen LogP contribution is -2.13. The molecule has 0 bridgehead atoms. The van der Waals surface area contributed by atoms with Crippen LogP contribution in [0.15, 0.2) is 71.6 Å². The minimum Gasteiger partial charge on any atom is -0.493 e. The smallest absolute Gasteiger partial charge is 0.261 e. The lowest BCUT2D eigenvalue weighted by Gasteiger charge is -2.10. The highest BCUT2D eigenvalue weighted by Gasteiger charge is 2.15. The van der Waals surface area contributed by atoms with Crippen LogP contribution in [0.2, 0.25) is 10.0 Å². The third kappa shape index (κ3) is 6.64. The molecular formula is C23H20Cl2N2O5S. The van der Waals surface area contributed by atoms with Crippen molar-refractivity contribution in [2.45, 2.75) is 4.90 Å². The average molecular weight is 507 g/mol. The molecule has 3 aromatic carbocycles. The van der Waals surface area contributed by atoms with Crippen LogP contribution in [0.5, 0.6) is 11.5 Å². The first-order valence-corrected chi connectivity index (χ1v) is 11.7. The van der Waals surface area contributed by atoms with E-state index in [0.29, 0.717) is 27.2 Å². The van der Waals surface area contributed by atoms with E-state index in [9.17, 15) is 13.2 Å². The molecule has 0 aliphatic rings. The molecule has 0 unspecified atom stereocenters. The van der Waals surface area contributed by atoms with Gasteiger partial charge in [0.25, 0.3) is 10.0 Å². The van der Waals surface area contributed by atoms with Crippen molar-refractivity contribution in [1.29, 1.82) is 0 Å². The molecule has 3 aromatic rings. The molecule has 33 heavy (non-hydrogen) atoms. The first-order valence-electron chi connectivity index (χ1n) is 9.50. The maximum atomic E-state index is 12.6. The Hall–Kier alpha value is -3.20. The van der Waals surface area contributed by atoms with Crippen LogP contribution in [-0.4, -0.2) is 28.5 Å². The number of benzene rings is 3. The molecule has 0 heterocycles. The summed E-state index contributed by atoms with van der Waals surface area (Å²) in [6.07, 6.45) is 2.98. The quantitative estimate of drug-likeness (QED) is 0.395. The molecule has 2 N–H and O–H groups in total. The van der Waals surface area contributed by atoms with Gasteiger partial charge in [-0.05, 0) is 66.2 Å². The van der Waals surface area contributed by atoms with Gasteiger partial charge < -0.3 is 14.8 Å². The highest BCUT2D eigenvalue weighted by atomic mass is 35.5. The zero-order valence-electron chi connectivity index (χ0n) is 17.6. The summed E-state index contributed by atoms with van der Waals surface area (Å²) in [6.45, 7) is 0. The first-order chi connectivity index (χ1) is 15.7. The van der Waals surface area contributed by atoms with E-state index >= 15 is 0 Å². The van der Waals surface area contributed by atoms with E-state index in [1.165, 1.54) is 55.7 Å². The zero-order chi connectivity index (χ0) is 24.0. The van der Waals surface area contributed by atoms with E-state index in [0.717, 1.165) is 5.56 Å². The topological polar surface area (TPSA) is 93.7 Å². The van der Waals surface area contributed by atoms with E-state index < -0.39 is 10.0 Å². The summed E-state index contributed by atoms with van der Waals surface area (Å²) in [6, 6.07) is 15.4. The third-order valence-corrected chi connectivity index (χ3v) is 6.22. The molecule has 0 saturated heterocycles.